The molecule has 72 valence electrons. The standard InChI is InChI=1S/C9H8N2O2S/c10-6-1-3-7(4-2-6)11-9(13)8(12)5-14-11/h1-4H,5,10H2. The molecule has 1 fully saturated rings. The van der Waals surface area contributed by atoms with Crippen LogP contribution in [-0.4, -0.2) is 17.4 Å². The van der Waals surface area contributed by atoms with E-state index in [0.717, 1.165) is 0 Å². The Bertz CT molecular complexity index is 388. The number of rotatable bonds is 1. The molecular weight excluding hydrogens is 200 g/mol. The van der Waals surface area contributed by atoms with E-state index in [0.29, 0.717) is 11.4 Å². The van der Waals surface area contributed by atoms with Gasteiger partial charge in [0.15, 0.2) is 0 Å². The molecule has 14 heavy (non-hydrogen) atoms. The normalized spacial score (nSPS) is 16.4. The minimum atomic E-state index is -0.459. The number of hydrogen-bond donors (Lipinski definition) is 1. The zero-order valence-electron chi connectivity index (χ0n) is 7.27. The van der Waals surface area contributed by atoms with E-state index in [-0.39, 0.29) is 11.5 Å². The summed E-state index contributed by atoms with van der Waals surface area (Å²) in [6.07, 6.45) is 0. The van der Waals surface area contributed by atoms with E-state index in [4.69, 9.17) is 5.73 Å². The average Bonchev–Trinajstić information content (AvgIpc) is 2.50. The van der Waals surface area contributed by atoms with Crippen LogP contribution in [0.5, 0.6) is 0 Å². The summed E-state index contributed by atoms with van der Waals surface area (Å²) in [7, 11) is 0. The lowest BCUT2D eigenvalue weighted by molar-refractivity contribution is -0.133. The topological polar surface area (TPSA) is 63.4 Å². The third-order valence-electron chi connectivity index (χ3n) is 1.88. The molecule has 1 aliphatic rings. The third-order valence-corrected chi connectivity index (χ3v) is 2.90. The van der Waals surface area contributed by atoms with Crippen LogP contribution in [0.3, 0.4) is 0 Å². The summed E-state index contributed by atoms with van der Waals surface area (Å²) in [5.74, 6) is -0.588. The first-order chi connectivity index (χ1) is 6.68. The molecule has 1 amide bonds. The second kappa shape index (κ2) is 3.34. The number of carbonyl (C=O) groups is 2. The summed E-state index contributed by atoms with van der Waals surface area (Å²) in [4.78, 5) is 22.3. The van der Waals surface area contributed by atoms with Crippen molar-refractivity contribution in [1.29, 1.82) is 0 Å². The highest BCUT2D eigenvalue weighted by Crippen LogP contribution is 2.28. The van der Waals surface area contributed by atoms with E-state index >= 15 is 0 Å². The molecule has 2 rings (SSSR count). The van der Waals surface area contributed by atoms with E-state index in [1.807, 2.05) is 0 Å². The molecule has 1 saturated heterocycles. The Labute approximate surface area is 85.2 Å². The smallest absolute Gasteiger partial charge is 0.305 e. The Kier molecular flexibility index (Phi) is 2.17. The van der Waals surface area contributed by atoms with Gasteiger partial charge < -0.3 is 5.73 Å². The highest BCUT2D eigenvalue weighted by atomic mass is 32.2. The Balaban J connectivity index is 2.28. The highest BCUT2D eigenvalue weighted by Gasteiger charge is 2.31. The van der Waals surface area contributed by atoms with Gasteiger partial charge in [0.2, 0.25) is 5.78 Å². The Hall–Kier alpha value is -1.49. The van der Waals surface area contributed by atoms with Crippen LogP contribution in [-0.2, 0) is 9.59 Å². The quantitative estimate of drug-likeness (QED) is 0.422. The Morgan fingerprint density at radius 3 is 2.36 bits per heavy atom. The molecule has 0 atom stereocenters. The molecule has 1 heterocycles. The number of Topliss-reactive ketones (excluding diaryl/α,β-unsaturated/α-hetero) is 1. The number of nitrogen functional groups attached to an aromatic ring is 1. The second-order valence-corrected chi connectivity index (χ2v) is 3.80. The van der Waals surface area contributed by atoms with Gasteiger partial charge in [-0.25, -0.2) is 4.31 Å². The van der Waals surface area contributed by atoms with Crippen molar-refractivity contribution in [2.24, 2.45) is 0 Å². The fourth-order valence-corrected chi connectivity index (χ4v) is 2.02. The minimum Gasteiger partial charge on any atom is -0.399 e. The largest absolute Gasteiger partial charge is 0.399 e. The van der Waals surface area contributed by atoms with Crippen molar-refractivity contribution in [3.05, 3.63) is 24.3 Å². The predicted octanol–water partition coefficient (Wildman–Crippen LogP) is 0.833. The second-order valence-electron chi connectivity index (χ2n) is 2.89. The Morgan fingerprint density at radius 2 is 1.86 bits per heavy atom. The summed E-state index contributed by atoms with van der Waals surface area (Å²) >= 11 is 1.21. The molecule has 0 bridgehead atoms. The summed E-state index contributed by atoms with van der Waals surface area (Å²) < 4.78 is 1.39. The van der Waals surface area contributed by atoms with Crippen molar-refractivity contribution in [3.63, 3.8) is 0 Å². The number of anilines is 2. The number of amides is 1. The average molecular weight is 208 g/mol. The lowest BCUT2D eigenvalue weighted by Crippen LogP contribution is -2.22. The molecule has 1 aromatic carbocycles. The maximum atomic E-state index is 11.3. The van der Waals surface area contributed by atoms with Gasteiger partial charge in [-0.15, -0.1) is 0 Å². The number of carbonyl (C=O) groups excluding carboxylic acids is 2. The molecule has 0 aliphatic carbocycles. The fourth-order valence-electron chi connectivity index (χ4n) is 1.16. The van der Waals surface area contributed by atoms with E-state index in [1.54, 1.807) is 24.3 Å². The maximum Gasteiger partial charge on any atom is 0.305 e. The molecule has 0 saturated carbocycles. The Morgan fingerprint density at radius 1 is 1.21 bits per heavy atom. The third kappa shape index (κ3) is 1.46. The molecule has 1 aliphatic heterocycles. The molecule has 0 spiro atoms. The molecular formula is C9H8N2O2S. The van der Waals surface area contributed by atoms with Gasteiger partial charge in [-0.1, -0.05) is 0 Å². The van der Waals surface area contributed by atoms with Gasteiger partial charge >= 0.3 is 5.91 Å². The lowest BCUT2D eigenvalue weighted by Gasteiger charge is -2.12. The van der Waals surface area contributed by atoms with Crippen LogP contribution >= 0.6 is 11.9 Å². The zero-order chi connectivity index (χ0) is 10.1. The summed E-state index contributed by atoms with van der Waals surface area (Å²) in [5, 5.41) is 0. The SMILES string of the molecule is Nc1ccc(N2SCC(=O)C2=O)cc1. The first kappa shape index (κ1) is 9.08. The van der Waals surface area contributed by atoms with Crippen molar-refractivity contribution < 1.29 is 9.59 Å². The first-order valence-corrected chi connectivity index (χ1v) is 4.98. The molecule has 0 unspecified atom stereocenters. The number of ketones is 1. The summed E-state index contributed by atoms with van der Waals surface area (Å²) in [6.45, 7) is 0. The van der Waals surface area contributed by atoms with E-state index < -0.39 is 5.91 Å². The van der Waals surface area contributed by atoms with E-state index in [9.17, 15) is 9.59 Å². The van der Waals surface area contributed by atoms with Crippen LogP contribution in [0, 0.1) is 0 Å². The zero-order valence-corrected chi connectivity index (χ0v) is 8.08. The number of hydrogen-bond acceptors (Lipinski definition) is 4. The van der Waals surface area contributed by atoms with Gasteiger partial charge in [-0.05, 0) is 36.2 Å². The molecule has 4 nitrogen and oxygen atoms in total. The van der Waals surface area contributed by atoms with Gasteiger partial charge in [-0.3, -0.25) is 9.59 Å². The van der Waals surface area contributed by atoms with Crippen molar-refractivity contribution in [1.82, 2.24) is 0 Å². The van der Waals surface area contributed by atoms with Crippen molar-refractivity contribution in [3.8, 4) is 0 Å². The van der Waals surface area contributed by atoms with Crippen LogP contribution < -0.4 is 10.0 Å². The van der Waals surface area contributed by atoms with Gasteiger partial charge in [-0.2, -0.15) is 0 Å². The van der Waals surface area contributed by atoms with Crippen LogP contribution in [0.1, 0.15) is 0 Å². The fraction of sp³-hybridized carbons (Fsp3) is 0.111. The monoisotopic (exact) mass is 208 g/mol. The molecule has 2 N–H and O–H groups in total. The molecule has 5 heteroatoms. The molecule has 1 aromatic rings. The number of benzene rings is 1. The summed E-state index contributed by atoms with van der Waals surface area (Å²) in [5.41, 5.74) is 6.84. The van der Waals surface area contributed by atoms with Crippen LogP contribution in [0.4, 0.5) is 11.4 Å². The van der Waals surface area contributed by atoms with Gasteiger partial charge in [0.1, 0.15) is 0 Å². The number of nitrogens with zero attached hydrogens (tertiary/aromatic N) is 1. The van der Waals surface area contributed by atoms with Gasteiger partial charge in [0.05, 0.1) is 11.4 Å². The van der Waals surface area contributed by atoms with E-state index in [2.05, 4.69) is 0 Å². The lowest BCUT2D eigenvalue weighted by atomic mass is 10.3. The summed E-state index contributed by atoms with van der Waals surface area (Å²) in [6, 6.07) is 6.84. The predicted molar refractivity (Wildman–Crippen MR) is 55.8 cm³/mol. The van der Waals surface area contributed by atoms with Crippen LogP contribution in [0.25, 0.3) is 0 Å². The van der Waals surface area contributed by atoms with E-state index in [1.165, 1.54) is 16.3 Å². The van der Waals surface area contributed by atoms with Crippen LogP contribution in [0.15, 0.2) is 24.3 Å². The van der Waals surface area contributed by atoms with Gasteiger partial charge in [0, 0.05) is 5.69 Å². The molecule has 0 radical (unpaired) electrons. The van der Waals surface area contributed by atoms with Gasteiger partial charge in [0.25, 0.3) is 0 Å². The molecule has 0 aromatic heterocycles. The number of nitrogens with two attached hydrogens (primary N) is 1. The first-order valence-electron chi connectivity index (χ1n) is 4.04. The highest BCUT2D eigenvalue weighted by molar-refractivity contribution is 8.03. The van der Waals surface area contributed by atoms with Crippen LogP contribution in [0.2, 0.25) is 0 Å². The van der Waals surface area contributed by atoms with Crippen molar-refractivity contribution >= 4 is 35.0 Å². The van der Waals surface area contributed by atoms with Crippen molar-refractivity contribution in [2.45, 2.75) is 0 Å². The van der Waals surface area contributed by atoms with Crippen molar-refractivity contribution in [2.75, 3.05) is 15.8 Å². The minimum absolute atomic E-state index is 0.225. The maximum absolute atomic E-state index is 11.3.